The van der Waals surface area contributed by atoms with Crippen LogP contribution in [-0.2, 0) is 6.42 Å². The van der Waals surface area contributed by atoms with Gasteiger partial charge in [-0.2, -0.15) is 0 Å². The normalized spacial score (nSPS) is 16.2. The van der Waals surface area contributed by atoms with Gasteiger partial charge in [-0.25, -0.2) is 13.8 Å². The molecule has 0 N–H and O–H groups in total. The van der Waals surface area contributed by atoms with Gasteiger partial charge in [-0.1, -0.05) is 13.5 Å². The van der Waals surface area contributed by atoms with Gasteiger partial charge in [-0.15, -0.1) is 0 Å². The summed E-state index contributed by atoms with van der Waals surface area (Å²) >= 11 is 0. The molecule has 5 nitrogen and oxygen atoms in total. The summed E-state index contributed by atoms with van der Waals surface area (Å²) in [7, 11) is 4.67. The molecule has 0 aliphatic carbocycles. The van der Waals surface area contributed by atoms with Gasteiger partial charge in [0.05, 0.1) is 14.2 Å². The van der Waals surface area contributed by atoms with Crippen LogP contribution in [-0.4, -0.2) is 67.4 Å². The number of piperidine rings is 1. The molecule has 0 unspecified atom stereocenters. The van der Waals surface area contributed by atoms with Gasteiger partial charge in [-0.05, 0) is 39.7 Å². The van der Waals surface area contributed by atoms with Gasteiger partial charge in [0.15, 0.2) is 23.1 Å². The van der Waals surface area contributed by atoms with Crippen molar-refractivity contribution in [2.75, 3.05) is 40.9 Å². The van der Waals surface area contributed by atoms with Gasteiger partial charge in [0.1, 0.15) is 0 Å². The smallest absolute Gasteiger partial charge is 0.171 e. The van der Waals surface area contributed by atoms with Gasteiger partial charge in [-0.3, -0.25) is 0 Å². The Labute approximate surface area is 173 Å². The number of nitrogens with zero attached hydrogens (tertiary/aromatic N) is 3. The molecule has 1 aliphatic rings. The number of likely N-dealkylation sites (N-methyl/N-ethyl adjacent to an activating group) is 1. The van der Waals surface area contributed by atoms with Gasteiger partial charge in [0, 0.05) is 49.5 Å². The van der Waals surface area contributed by atoms with Crippen LogP contribution in [0.4, 0.5) is 8.78 Å². The highest BCUT2D eigenvalue weighted by Gasteiger charge is 2.35. The van der Waals surface area contributed by atoms with E-state index in [2.05, 4.69) is 23.4 Å². The highest BCUT2D eigenvalue weighted by molar-refractivity contribution is 5.42. The van der Waals surface area contributed by atoms with Crippen molar-refractivity contribution in [3.05, 3.63) is 36.0 Å². The number of halogens is 2. The first-order chi connectivity index (χ1) is 13.7. The lowest BCUT2D eigenvalue weighted by molar-refractivity contribution is -0.0796. The van der Waals surface area contributed by atoms with E-state index >= 15 is 0 Å². The fraction of sp³-hybridized carbons (Fsp3) is 0.636. The van der Waals surface area contributed by atoms with Crippen LogP contribution >= 0.6 is 0 Å². The summed E-state index contributed by atoms with van der Waals surface area (Å²) in [6.45, 7) is 13.2. The third-order valence-electron chi connectivity index (χ3n) is 6.06. The minimum absolute atomic E-state index is 0.0239. The van der Waals surface area contributed by atoms with Gasteiger partial charge in [0.25, 0.3) is 0 Å². The van der Waals surface area contributed by atoms with E-state index < -0.39 is 17.2 Å². The molecule has 0 bridgehead atoms. The summed E-state index contributed by atoms with van der Waals surface area (Å²) in [4.78, 5) is 2.43. The van der Waals surface area contributed by atoms with Crippen LogP contribution in [0.25, 0.3) is 0 Å². The predicted molar refractivity (Wildman–Crippen MR) is 112 cm³/mol. The SMILES string of the molecule is C=CN(C1CCN(CC)CC1)N(C)C(C)(C)Cc1c(F)c(OC)cc(OC)c1F. The van der Waals surface area contributed by atoms with Crippen molar-refractivity contribution in [2.24, 2.45) is 0 Å². The Balaban J connectivity index is 2.26. The monoisotopic (exact) mass is 411 g/mol. The van der Waals surface area contributed by atoms with Gasteiger partial charge in [0.2, 0.25) is 0 Å². The zero-order chi connectivity index (χ0) is 21.8. The average molecular weight is 412 g/mol. The minimum atomic E-state index is -0.686. The molecule has 0 amide bonds. The molecule has 1 aromatic carbocycles. The standard InChI is InChI=1S/C22H35F2N3O2/c1-8-26-12-10-16(11-13-26)27(9-2)25(5)22(3,4)15-17-20(23)18(28-6)14-19(29-7)21(17)24/h9,14,16H,2,8,10-13,15H2,1,3-7H3. The number of likely N-dealkylation sites (tertiary alicyclic amines) is 1. The van der Waals surface area contributed by atoms with Crippen LogP contribution in [0.3, 0.4) is 0 Å². The number of rotatable bonds is 9. The van der Waals surface area contributed by atoms with Crippen molar-refractivity contribution in [3.63, 3.8) is 0 Å². The van der Waals surface area contributed by atoms with E-state index in [0.717, 1.165) is 32.5 Å². The fourth-order valence-corrected chi connectivity index (χ4v) is 3.97. The molecule has 0 radical (unpaired) electrons. The molecule has 164 valence electrons. The van der Waals surface area contributed by atoms with Gasteiger partial charge >= 0.3 is 0 Å². The van der Waals surface area contributed by atoms with Crippen molar-refractivity contribution in [1.82, 2.24) is 14.9 Å². The molecular weight excluding hydrogens is 376 g/mol. The Bertz CT molecular complexity index is 676. The van der Waals surface area contributed by atoms with Crippen LogP contribution < -0.4 is 9.47 Å². The Hall–Kier alpha value is -1.86. The summed E-state index contributed by atoms with van der Waals surface area (Å²) in [6.07, 6.45) is 4.01. The van der Waals surface area contributed by atoms with E-state index in [1.54, 1.807) is 0 Å². The van der Waals surface area contributed by atoms with Crippen LogP contribution in [0, 0.1) is 11.6 Å². The molecule has 0 aromatic heterocycles. The number of ether oxygens (including phenoxy) is 2. The molecule has 0 saturated carbocycles. The van der Waals surface area contributed by atoms with Crippen molar-refractivity contribution in [2.45, 2.75) is 51.6 Å². The maximum Gasteiger partial charge on any atom is 0.171 e. The Morgan fingerprint density at radius 1 is 1.17 bits per heavy atom. The van der Waals surface area contributed by atoms with Crippen molar-refractivity contribution in [3.8, 4) is 11.5 Å². The molecule has 1 heterocycles. The van der Waals surface area contributed by atoms with Crippen LogP contribution in [0.2, 0.25) is 0 Å². The zero-order valence-electron chi connectivity index (χ0n) is 18.6. The molecule has 1 saturated heterocycles. The predicted octanol–water partition coefficient (Wildman–Crippen LogP) is 4.08. The third kappa shape index (κ3) is 5.01. The zero-order valence-corrected chi connectivity index (χ0v) is 18.6. The number of methoxy groups -OCH3 is 2. The molecule has 1 aromatic rings. The van der Waals surface area contributed by atoms with E-state index in [-0.39, 0.29) is 23.5 Å². The Morgan fingerprint density at radius 2 is 1.69 bits per heavy atom. The maximum absolute atomic E-state index is 14.9. The Morgan fingerprint density at radius 3 is 2.10 bits per heavy atom. The summed E-state index contributed by atoms with van der Waals surface area (Å²) in [5.41, 5.74) is -0.613. The van der Waals surface area contributed by atoms with Crippen LogP contribution in [0.15, 0.2) is 18.8 Å². The molecule has 29 heavy (non-hydrogen) atoms. The second-order valence-electron chi connectivity index (χ2n) is 8.13. The molecule has 0 spiro atoms. The summed E-state index contributed by atoms with van der Waals surface area (Å²) in [5.74, 6) is -1.42. The van der Waals surface area contributed by atoms with Gasteiger partial charge < -0.3 is 19.4 Å². The fourth-order valence-electron chi connectivity index (χ4n) is 3.97. The quantitative estimate of drug-likeness (QED) is 0.571. The number of hydrogen-bond donors (Lipinski definition) is 0. The number of hydrogen-bond acceptors (Lipinski definition) is 5. The highest BCUT2D eigenvalue weighted by Crippen LogP contribution is 2.35. The molecule has 2 rings (SSSR count). The summed E-state index contributed by atoms with van der Waals surface area (Å²) in [6, 6.07) is 1.55. The topological polar surface area (TPSA) is 28.2 Å². The number of benzene rings is 1. The van der Waals surface area contributed by atoms with E-state index in [0.29, 0.717) is 6.04 Å². The van der Waals surface area contributed by atoms with E-state index in [1.165, 1.54) is 20.3 Å². The first kappa shape index (κ1) is 23.4. The molecule has 0 atom stereocenters. The molecule has 7 heteroatoms. The molecule has 1 aliphatic heterocycles. The third-order valence-corrected chi connectivity index (χ3v) is 6.06. The highest BCUT2D eigenvalue weighted by atomic mass is 19.1. The summed E-state index contributed by atoms with van der Waals surface area (Å²) in [5, 5.41) is 4.15. The van der Waals surface area contributed by atoms with Crippen molar-refractivity contribution < 1.29 is 18.3 Å². The lowest BCUT2D eigenvalue weighted by atomic mass is 9.92. The lowest BCUT2D eigenvalue weighted by Gasteiger charge is -2.48. The first-order valence-electron chi connectivity index (χ1n) is 10.2. The Kier molecular flexibility index (Phi) is 7.88. The van der Waals surface area contributed by atoms with Crippen LogP contribution in [0.1, 0.15) is 39.2 Å². The van der Waals surface area contributed by atoms with Crippen LogP contribution in [0.5, 0.6) is 11.5 Å². The lowest BCUT2D eigenvalue weighted by Crippen LogP contribution is -2.56. The van der Waals surface area contributed by atoms with Crippen molar-refractivity contribution in [1.29, 1.82) is 0 Å². The van der Waals surface area contributed by atoms with E-state index in [9.17, 15) is 8.78 Å². The summed E-state index contributed by atoms with van der Waals surface area (Å²) < 4.78 is 39.9. The minimum Gasteiger partial charge on any atom is -0.494 e. The molecule has 1 fully saturated rings. The number of hydrazine groups is 1. The molecular formula is C22H35F2N3O2. The van der Waals surface area contributed by atoms with E-state index in [4.69, 9.17) is 9.47 Å². The average Bonchev–Trinajstić information content (AvgIpc) is 2.72. The largest absolute Gasteiger partial charge is 0.494 e. The first-order valence-corrected chi connectivity index (χ1v) is 10.2. The van der Waals surface area contributed by atoms with E-state index in [1.807, 2.05) is 32.1 Å². The maximum atomic E-state index is 14.9. The second-order valence-corrected chi connectivity index (χ2v) is 8.13. The van der Waals surface area contributed by atoms with Crippen molar-refractivity contribution >= 4 is 0 Å². The second kappa shape index (κ2) is 9.76.